The molecule has 1 aromatic rings. The second-order valence-corrected chi connectivity index (χ2v) is 4.72. The van der Waals surface area contributed by atoms with Crippen molar-refractivity contribution in [2.75, 3.05) is 18.7 Å². The molecule has 0 atom stereocenters. The zero-order valence-corrected chi connectivity index (χ0v) is 10.7. The van der Waals surface area contributed by atoms with Crippen molar-refractivity contribution < 1.29 is 4.74 Å². The average molecular weight is 246 g/mol. The van der Waals surface area contributed by atoms with Crippen LogP contribution in [0.4, 0.5) is 0 Å². The van der Waals surface area contributed by atoms with Gasteiger partial charge in [0.05, 0.1) is 12.8 Å². The molecule has 0 N–H and O–H groups in total. The summed E-state index contributed by atoms with van der Waals surface area (Å²) in [6.07, 6.45) is 1.05. The molecule has 84 valence electrons. The Morgan fingerprint density at radius 1 is 1.47 bits per heavy atom. The molecule has 1 heterocycles. The van der Waals surface area contributed by atoms with Gasteiger partial charge < -0.3 is 4.74 Å². The third-order valence-electron chi connectivity index (χ3n) is 1.89. The largest absolute Gasteiger partial charge is 0.497 e. The molecule has 0 bridgehead atoms. The third-order valence-corrected chi connectivity index (χ3v) is 3.23. The van der Waals surface area contributed by atoms with Crippen LogP contribution in [0.2, 0.25) is 0 Å². The Morgan fingerprint density at radius 3 is 2.93 bits per heavy atom. The molecule has 0 aliphatic carbocycles. The standard InChI is InChI=1S/C11H16ClNOS/c1-9-6-11(14-2)7-10(13-9)8-15-5-3-4-12/h6-7H,3-5,8H2,1-2H3. The van der Waals surface area contributed by atoms with Crippen LogP contribution in [0.5, 0.6) is 5.75 Å². The first-order valence-corrected chi connectivity index (χ1v) is 6.60. The zero-order chi connectivity index (χ0) is 11.1. The van der Waals surface area contributed by atoms with Crippen molar-refractivity contribution in [3.63, 3.8) is 0 Å². The summed E-state index contributed by atoms with van der Waals surface area (Å²) in [5.41, 5.74) is 2.08. The van der Waals surface area contributed by atoms with Crippen molar-refractivity contribution in [2.24, 2.45) is 0 Å². The fourth-order valence-corrected chi connectivity index (χ4v) is 2.37. The van der Waals surface area contributed by atoms with Crippen molar-refractivity contribution in [1.82, 2.24) is 4.98 Å². The van der Waals surface area contributed by atoms with E-state index in [-0.39, 0.29) is 0 Å². The van der Waals surface area contributed by atoms with Gasteiger partial charge in [0.2, 0.25) is 0 Å². The summed E-state index contributed by atoms with van der Waals surface area (Å²) >= 11 is 7.46. The second-order valence-electron chi connectivity index (χ2n) is 3.23. The van der Waals surface area contributed by atoms with E-state index in [0.29, 0.717) is 0 Å². The van der Waals surface area contributed by atoms with Crippen molar-refractivity contribution in [2.45, 2.75) is 19.1 Å². The lowest BCUT2D eigenvalue weighted by Gasteiger charge is -2.05. The molecule has 0 aromatic carbocycles. The molecule has 0 amide bonds. The Balaban J connectivity index is 2.49. The normalized spacial score (nSPS) is 10.3. The number of halogens is 1. The molecule has 15 heavy (non-hydrogen) atoms. The van der Waals surface area contributed by atoms with Gasteiger partial charge in [0.25, 0.3) is 0 Å². The maximum absolute atomic E-state index is 5.61. The first kappa shape index (κ1) is 12.7. The molecule has 1 aromatic heterocycles. The van der Waals surface area contributed by atoms with Crippen molar-refractivity contribution in [3.8, 4) is 5.75 Å². The van der Waals surface area contributed by atoms with Crippen molar-refractivity contribution >= 4 is 23.4 Å². The van der Waals surface area contributed by atoms with Crippen molar-refractivity contribution in [3.05, 3.63) is 23.5 Å². The van der Waals surface area contributed by atoms with Crippen LogP contribution in [0.3, 0.4) is 0 Å². The SMILES string of the molecule is COc1cc(C)nc(CSCCCCl)c1. The minimum atomic E-state index is 0.734. The minimum Gasteiger partial charge on any atom is -0.497 e. The number of hydrogen-bond donors (Lipinski definition) is 0. The lowest BCUT2D eigenvalue weighted by Crippen LogP contribution is -1.94. The number of alkyl halides is 1. The van der Waals surface area contributed by atoms with Crippen LogP contribution >= 0.6 is 23.4 Å². The molecule has 0 aliphatic heterocycles. The van der Waals surface area contributed by atoms with Gasteiger partial charge in [-0.15, -0.1) is 11.6 Å². The van der Waals surface area contributed by atoms with Gasteiger partial charge in [-0.25, -0.2) is 0 Å². The monoisotopic (exact) mass is 245 g/mol. The van der Waals surface area contributed by atoms with Gasteiger partial charge in [-0.2, -0.15) is 11.8 Å². The Kier molecular flexibility index (Phi) is 5.88. The smallest absolute Gasteiger partial charge is 0.122 e. The van der Waals surface area contributed by atoms with E-state index in [1.54, 1.807) is 7.11 Å². The number of methoxy groups -OCH3 is 1. The summed E-state index contributed by atoms with van der Waals surface area (Å²) in [6.45, 7) is 1.98. The average Bonchev–Trinajstić information content (AvgIpc) is 2.23. The molecule has 0 saturated carbocycles. The predicted octanol–water partition coefficient (Wildman–Crippen LogP) is 3.26. The predicted molar refractivity (Wildman–Crippen MR) is 67.0 cm³/mol. The van der Waals surface area contributed by atoms with E-state index in [9.17, 15) is 0 Å². The van der Waals surface area contributed by atoms with E-state index < -0.39 is 0 Å². The van der Waals surface area contributed by atoms with Gasteiger partial charge in [0, 0.05) is 29.5 Å². The molecule has 0 radical (unpaired) electrons. The number of ether oxygens (including phenoxy) is 1. The number of hydrogen-bond acceptors (Lipinski definition) is 3. The molecular weight excluding hydrogens is 230 g/mol. The van der Waals surface area contributed by atoms with Crippen LogP contribution in [-0.2, 0) is 5.75 Å². The highest BCUT2D eigenvalue weighted by molar-refractivity contribution is 7.98. The maximum atomic E-state index is 5.61. The number of nitrogens with zero attached hydrogens (tertiary/aromatic N) is 1. The van der Waals surface area contributed by atoms with Gasteiger partial charge in [0.1, 0.15) is 5.75 Å². The lowest BCUT2D eigenvalue weighted by atomic mass is 10.3. The fourth-order valence-electron chi connectivity index (χ4n) is 1.23. The van der Waals surface area contributed by atoms with Crippen LogP contribution in [0.15, 0.2) is 12.1 Å². The highest BCUT2D eigenvalue weighted by Crippen LogP contribution is 2.18. The van der Waals surface area contributed by atoms with E-state index in [1.165, 1.54) is 0 Å². The van der Waals surface area contributed by atoms with Gasteiger partial charge in [-0.05, 0) is 19.1 Å². The Hall–Kier alpha value is -0.410. The fraction of sp³-hybridized carbons (Fsp3) is 0.545. The molecule has 0 fully saturated rings. The highest BCUT2D eigenvalue weighted by atomic mass is 35.5. The van der Waals surface area contributed by atoms with Crippen LogP contribution in [0.1, 0.15) is 17.8 Å². The summed E-state index contributed by atoms with van der Waals surface area (Å²) in [4.78, 5) is 4.45. The Morgan fingerprint density at radius 2 is 2.27 bits per heavy atom. The van der Waals surface area contributed by atoms with Crippen molar-refractivity contribution in [1.29, 1.82) is 0 Å². The molecule has 0 saturated heterocycles. The molecule has 0 spiro atoms. The maximum Gasteiger partial charge on any atom is 0.122 e. The minimum absolute atomic E-state index is 0.734. The van der Waals surface area contributed by atoms with E-state index in [4.69, 9.17) is 16.3 Å². The molecule has 0 aliphatic rings. The first-order valence-electron chi connectivity index (χ1n) is 4.91. The summed E-state index contributed by atoms with van der Waals surface area (Å²) in [7, 11) is 1.68. The quantitative estimate of drug-likeness (QED) is 0.567. The second kappa shape index (κ2) is 6.96. The number of rotatable bonds is 6. The number of thioether (sulfide) groups is 1. The number of aromatic nitrogens is 1. The third kappa shape index (κ3) is 4.76. The van der Waals surface area contributed by atoms with Gasteiger partial charge in [0.15, 0.2) is 0 Å². The van der Waals surface area contributed by atoms with Gasteiger partial charge >= 0.3 is 0 Å². The van der Waals surface area contributed by atoms with Crippen LogP contribution < -0.4 is 4.74 Å². The Bertz CT molecular complexity index is 307. The zero-order valence-electron chi connectivity index (χ0n) is 9.12. The molecule has 0 unspecified atom stereocenters. The van der Waals surface area contributed by atoms with Crippen LogP contribution in [-0.4, -0.2) is 23.7 Å². The molecule has 2 nitrogen and oxygen atoms in total. The first-order chi connectivity index (χ1) is 7.26. The lowest BCUT2D eigenvalue weighted by molar-refractivity contribution is 0.413. The van der Waals surface area contributed by atoms with Crippen LogP contribution in [0, 0.1) is 6.92 Å². The van der Waals surface area contributed by atoms with E-state index >= 15 is 0 Å². The summed E-state index contributed by atoms with van der Waals surface area (Å²) < 4.78 is 5.19. The summed E-state index contributed by atoms with van der Waals surface area (Å²) in [6, 6.07) is 3.92. The molecule has 1 rings (SSSR count). The van der Waals surface area contributed by atoms with E-state index in [2.05, 4.69) is 4.98 Å². The van der Waals surface area contributed by atoms with Crippen LogP contribution in [0.25, 0.3) is 0 Å². The molecule has 4 heteroatoms. The topological polar surface area (TPSA) is 22.1 Å². The highest BCUT2D eigenvalue weighted by Gasteiger charge is 2.00. The van der Waals surface area contributed by atoms with E-state index in [1.807, 2.05) is 30.8 Å². The number of pyridine rings is 1. The van der Waals surface area contributed by atoms with Gasteiger partial charge in [-0.3, -0.25) is 4.98 Å². The number of aryl methyl sites for hydroxylation is 1. The van der Waals surface area contributed by atoms with E-state index in [0.717, 1.165) is 40.9 Å². The summed E-state index contributed by atoms with van der Waals surface area (Å²) in [5, 5.41) is 0. The summed E-state index contributed by atoms with van der Waals surface area (Å²) in [5.74, 6) is 3.63. The Labute approximate surface area is 100 Å². The molecular formula is C11H16ClNOS. The van der Waals surface area contributed by atoms with Gasteiger partial charge in [-0.1, -0.05) is 0 Å².